The Labute approximate surface area is 231 Å². The SMILES string of the molecule is Cc1c(C(=O)Nc2ccc(Oc3ccnn4ccc(-c5cncnc5)c34)c(F)c2)c(=O)n(-c2ccc(F)cc2)n1C. The van der Waals surface area contributed by atoms with Gasteiger partial charge in [-0.25, -0.2) is 27.9 Å². The number of hydrogen-bond acceptors (Lipinski definition) is 6. The average molecular weight is 554 g/mol. The molecule has 4 heterocycles. The predicted octanol–water partition coefficient (Wildman–Crippen LogP) is 4.91. The van der Waals surface area contributed by atoms with Gasteiger partial charge in [0.25, 0.3) is 11.5 Å². The zero-order chi connectivity index (χ0) is 28.7. The van der Waals surface area contributed by atoms with Crippen molar-refractivity contribution in [1.29, 1.82) is 0 Å². The summed E-state index contributed by atoms with van der Waals surface area (Å²) >= 11 is 0. The van der Waals surface area contributed by atoms with E-state index in [0.717, 1.165) is 17.2 Å². The molecule has 0 unspecified atom stereocenters. The van der Waals surface area contributed by atoms with Gasteiger partial charge in [0.1, 0.15) is 23.2 Å². The van der Waals surface area contributed by atoms with Crippen LogP contribution in [0.5, 0.6) is 11.5 Å². The number of aromatic nitrogens is 6. The summed E-state index contributed by atoms with van der Waals surface area (Å²) in [6, 6.07) is 12.7. The smallest absolute Gasteiger partial charge is 0.284 e. The predicted molar refractivity (Wildman–Crippen MR) is 146 cm³/mol. The van der Waals surface area contributed by atoms with Gasteiger partial charge in [0.2, 0.25) is 0 Å². The Morgan fingerprint density at radius 1 is 0.976 bits per heavy atom. The van der Waals surface area contributed by atoms with E-state index in [2.05, 4.69) is 20.4 Å². The molecule has 0 atom stereocenters. The molecule has 1 N–H and O–H groups in total. The van der Waals surface area contributed by atoms with Crippen molar-refractivity contribution >= 4 is 17.1 Å². The Kier molecular flexibility index (Phi) is 6.34. The highest BCUT2D eigenvalue weighted by atomic mass is 19.1. The number of amides is 1. The minimum absolute atomic E-state index is 0.0814. The van der Waals surface area contributed by atoms with Crippen molar-refractivity contribution in [3.05, 3.63) is 119 Å². The molecule has 0 spiro atoms. The molecular formula is C29H21F2N7O3. The van der Waals surface area contributed by atoms with Gasteiger partial charge in [0.15, 0.2) is 17.3 Å². The number of carbonyl (C=O) groups is 1. The summed E-state index contributed by atoms with van der Waals surface area (Å²) in [4.78, 5) is 34.4. The lowest BCUT2D eigenvalue weighted by atomic mass is 10.1. The molecule has 1 amide bonds. The van der Waals surface area contributed by atoms with E-state index in [1.54, 1.807) is 43.1 Å². The fourth-order valence-corrected chi connectivity index (χ4v) is 4.59. The summed E-state index contributed by atoms with van der Waals surface area (Å²) in [6.07, 6.45) is 8.00. The molecule has 0 bridgehead atoms. The van der Waals surface area contributed by atoms with E-state index in [1.165, 1.54) is 58.3 Å². The number of ether oxygens (including phenoxy) is 1. The van der Waals surface area contributed by atoms with Crippen LogP contribution >= 0.6 is 0 Å². The van der Waals surface area contributed by atoms with Crippen molar-refractivity contribution in [2.24, 2.45) is 7.05 Å². The van der Waals surface area contributed by atoms with Crippen LogP contribution in [0.2, 0.25) is 0 Å². The van der Waals surface area contributed by atoms with Crippen LogP contribution in [0, 0.1) is 18.6 Å². The van der Waals surface area contributed by atoms with E-state index in [-0.39, 0.29) is 17.0 Å². The second-order valence-corrected chi connectivity index (χ2v) is 9.12. The lowest BCUT2D eigenvalue weighted by Gasteiger charge is -2.11. The van der Waals surface area contributed by atoms with Crippen LogP contribution in [0.4, 0.5) is 14.5 Å². The first-order chi connectivity index (χ1) is 19.8. The molecule has 0 radical (unpaired) electrons. The monoisotopic (exact) mass is 553 g/mol. The molecule has 10 nitrogen and oxygen atoms in total. The number of benzene rings is 2. The Bertz CT molecular complexity index is 1980. The molecule has 6 rings (SSSR count). The molecule has 0 aliphatic rings. The third-order valence-electron chi connectivity index (χ3n) is 6.65. The number of anilines is 1. The second-order valence-electron chi connectivity index (χ2n) is 9.12. The summed E-state index contributed by atoms with van der Waals surface area (Å²) in [5.41, 5.74) is 2.26. The maximum atomic E-state index is 15.2. The molecule has 4 aromatic heterocycles. The Balaban J connectivity index is 1.27. The van der Waals surface area contributed by atoms with Crippen LogP contribution in [0.15, 0.2) is 90.5 Å². The van der Waals surface area contributed by atoms with Crippen LogP contribution in [0.25, 0.3) is 22.3 Å². The minimum Gasteiger partial charge on any atom is -0.452 e. The fourth-order valence-electron chi connectivity index (χ4n) is 4.59. The summed E-state index contributed by atoms with van der Waals surface area (Å²) in [5.74, 6) is -1.63. The van der Waals surface area contributed by atoms with E-state index < -0.39 is 23.1 Å². The normalized spacial score (nSPS) is 11.1. The Hall–Kier alpha value is -5.65. The summed E-state index contributed by atoms with van der Waals surface area (Å²) in [7, 11) is 1.61. The Morgan fingerprint density at radius 3 is 2.46 bits per heavy atom. The highest BCUT2D eigenvalue weighted by Gasteiger charge is 2.23. The number of halogens is 2. The topological polar surface area (TPSA) is 108 Å². The fraction of sp³-hybridized carbons (Fsp3) is 0.0690. The first-order valence-electron chi connectivity index (χ1n) is 12.4. The van der Waals surface area contributed by atoms with Gasteiger partial charge in [0, 0.05) is 54.6 Å². The van der Waals surface area contributed by atoms with E-state index in [9.17, 15) is 14.0 Å². The van der Waals surface area contributed by atoms with Crippen molar-refractivity contribution in [1.82, 2.24) is 28.9 Å². The van der Waals surface area contributed by atoms with Crippen LogP contribution in [0.1, 0.15) is 16.1 Å². The molecule has 0 saturated heterocycles. The van der Waals surface area contributed by atoms with Crippen molar-refractivity contribution in [3.63, 3.8) is 0 Å². The van der Waals surface area contributed by atoms with Gasteiger partial charge in [-0.1, -0.05) is 0 Å². The number of rotatable bonds is 6. The van der Waals surface area contributed by atoms with E-state index in [0.29, 0.717) is 22.6 Å². The molecule has 41 heavy (non-hydrogen) atoms. The molecule has 204 valence electrons. The van der Waals surface area contributed by atoms with E-state index in [1.807, 2.05) is 6.07 Å². The van der Waals surface area contributed by atoms with Gasteiger partial charge in [0.05, 0.1) is 17.6 Å². The maximum absolute atomic E-state index is 15.2. The standard InChI is InChI=1S/C29H21F2N7O3/c1-17-26(29(40)38(36(17)2)21-6-3-19(30)4-7-21)28(39)35-20-5-8-24(23(31)13-20)41-25-9-11-34-37-12-10-22(27(25)37)18-14-32-16-33-15-18/h3-16H,1-2H3,(H,35,39). The van der Waals surface area contributed by atoms with Gasteiger partial charge in [-0.15, -0.1) is 0 Å². The molecule has 12 heteroatoms. The van der Waals surface area contributed by atoms with Gasteiger partial charge < -0.3 is 10.1 Å². The number of nitrogens with one attached hydrogen (secondary N) is 1. The first-order valence-corrected chi connectivity index (χ1v) is 12.4. The zero-order valence-corrected chi connectivity index (χ0v) is 21.7. The van der Waals surface area contributed by atoms with Gasteiger partial charge >= 0.3 is 0 Å². The molecule has 0 aliphatic heterocycles. The number of nitrogens with zero attached hydrogens (tertiary/aromatic N) is 6. The highest BCUT2D eigenvalue weighted by molar-refractivity contribution is 6.05. The van der Waals surface area contributed by atoms with Crippen molar-refractivity contribution < 1.29 is 18.3 Å². The largest absolute Gasteiger partial charge is 0.452 e. The summed E-state index contributed by atoms with van der Waals surface area (Å²) < 4.78 is 38.9. The lowest BCUT2D eigenvalue weighted by Crippen LogP contribution is -2.25. The van der Waals surface area contributed by atoms with Gasteiger partial charge in [-0.2, -0.15) is 5.10 Å². The zero-order valence-electron chi connectivity index (χ0n) is 21.7. The van der Waals surface area contributed by atoms with Crippen molar-refractivity contribution in [2.75, 3.05) is 5.32 Å². The van der Waals surface area contributed by atoms with Crippen LogP contribution in [-0.4, -0.2) is 34.9 Å². The summed E-state index contributed by atoms with van der Waals surface area (Å²) in [6.45, 7) is 1.61. The van der Waals surface area contributed by atoms with Crippen LogP contribution in [0.3, 0.4) is 0 Å². The number of fused-ring (bicyclic) bond motifs is 1. The van der Waals surface area contributed by atoms with Crippen molar-refractivity contribution in [2.45, 2.75) is 6.92 Å². The Morgan fingerprint density at radius 2 is 1.73 bits per heavy atom. The van der Waals surface area contributed by atoms with Crippen molar-refractivity contribution in [3.8, 4) is 28.3 Å². The lowest BCUT2D eigenvalue weighted by molar-refractivity contribution is 0.102. The molecule has 0 aliphatic carbocycles. The van der Waals surface area contributed by atoms with Gasteiger partial charge in [-0.05, 0) is 49.4 Å². The van der Waals surface area contributed by atoms with Crippen LogP contribution in [-0.2, 0) is 7.05 Å². The van der Waals surface area contributed by atoms with Crippen LogP contribution < -0.4 is 15.6 Å². The number of hydrogen-bond donors (Lipinski definition) is 1. The molecular weight excluding hydrogens is 532 g/mol. The molecule has 0 fully saturated rings. The molecule has 6 aromatic rings. The minimum atomic E-state index is -0.734. The second kappa shape index (κ2) is 10.2. The molecule has 0 saturated carbocycles. The van der Waals surface area contributed by atoms with Gasteiger partial charge in [-0.3, -0.25) is 14.3 Å². The molecule has 2 aromatic carbocycles. The van der Waals surface area contributed by atoms with E-state index >= 15 is 4.39 Å². The number of carbonyl (C=O) groups excluding carboxylic acids is 1. The summed E-state index contributed by atoms with van der Waals surface area (Å²) in [5, 5.41) is 6.86. The maximum Gasteiger partial charge on any atom is 0.284 e. The third kappa shape index (κ3) is 4.61. The van der Waals surface area contributed by atoms with E-state index in [4.69, 9.17) is 4.74 Å². The average Bonchev–Trinajstić information content (AvgIpc) is 3.50. The highest BCUT2D eigenvalue weighted by Crippen LogP contribution is 2.35. The quantitative estimate of drug-likeness (QED) is 0.314. The third-order valence-corrected chi connectivity index (χ3v) is 6.65. The first kappa shape index (κ1) is 25.6.